The Morgan fingerprint density at radius 2 is 1.92 bits per heavy atom. The highest BCUT2D eigenvalue weighted by atomic mass is 32.2. The van der Waals surface area contributed by atoms with Gasteiger partial charge >= 0.3 is 0 Å². The van der Waals surface area contributed by atoms with E-state index in [1.54, 1.807) is 0 Å². The van der Waals surface area contributed by atoms with E-state index in [0.29, 0.717) is 15.9 Å². The Morgan fingerprint density at radius 1 is 1.16 bits per heavy atom. The summed E-state index contributed by atoms with van der Waals surface area (Å²) in [4.78, 5) is 27.6. The average molecular weight is 377 g/mol. The van der Waals surface area contributed by atoms with Crippen molar-refractivity contribution in [1.82, 2.24) is 8.94 Å². The lowest BCUT2D eigenvalue weighted by molar-refractivity contribution is 0.621. The standard InChI is InChI=1S/C17H16FN3O2S2/c18-11-7-10-12(8-13(11)20-3-5-24-6-4-20)21(9-1-2-9)17-14(15(10)22)16(23)19-25-17/h7-9H,1-6H2,(H,19,23). The number of nitrogens with zero attached hydrogens (tertiary/aromatic N) is 2. The fraction of sp³-hybridized carbons (Fsp3) is 0.412. The van der Waals surface area contributed by atoms with Crippen LogP contribution in [0.15, 0.2) is 21.7 Å². The Hall–Kier alpha value is -1.80. The minimum absolute atomic E-state index is 0.158. The van der Waals surface area contributed by atoms with Crippen molar-refractivity contribution in [2.45, 2.75) is 18.9 Å². The molecule has 0 atom stereocenters. The lowest BCUT2D eigenvalue weighted by Gasteiger charge is -2.29. The van der Waals surface area contributed by atoms with Gasteiger partial charge in [-0.05, 0) is 36.5 Å². The molecule has 0 unspecified atom stereocenters. The fourth-order valence-corrected chi connectivity index (χ4v) is 5.41. The molecule has 0 radical (unpaired) electrons. The van der Waals surface area contributed by atoms with Crippen molar-refractivity contribution >= 4 is 50.1 Å². The van der Waals surface area contributed by atoms with Gasteiger partial charge < -0.3 is 9.47 Å². The van der Waals surface area contributed by atoms with Gasteiger partial charge in [-0.3, -0.25) is 14.0 Å². The summed E-state index contributed by atoms with van der Waals surface area (Å²) in [6, 6.07) is 3.42. The van der Waals surface area contributed by atoms with Crippen LogP contribution in [0.3, 0.4) is 0 Å². The summed E-state index contributed by atoms with van der Waals surface area (Å²) in [7, 11) is 0. The predicted octanol–water partition coefficient (Wildman–Crippen LogP) is 2.93. The lowest BCUT2D eigenvalue weighted by Crippen LogP contribution is -2.33. The van der Waals surface area contributed by atoms with Gasteiger partial charge in [0.25, 0.3) is 5.56 Å². The molecule has 8 heteroatoms. The minimum atomic E-state index is -0.384. The molecule has 2 fully saturated rings. The molecule has 5 rings (SSSR count). The molecule has 1 aromatic carbocycles. The van der Waals surface area contributed by atoms with Gasteiger partial charge in [-0.1, -0.05) is 0 Å². The van der Waals surface area contributed by atoms with E-state index in [-0.39, 0.29) is 28.2 Å². The zero-order valence-electron chi connectivity index (χ0n) is 13.4. The number of thioether (sulfide) groups is 1. The minimum Gasteiger partial charge on any atom is -0.367 e. The maximum atomic E-state index is 14.8. The van der Waals surface area contributed by atoms with Crippen molar-refractivity contribution in [3.63, 3.8) is 0 Å². The van der Waals surface area contributed by atoms with Crippen molar-refractivity contribution < 1.29 is 4.39 Å². The van der Waals surface area contributed by atoms with Gasteiger partial charge in [0.15, 0.2) is 0 Å². The van der Waals surface area contributed by atoms with Crippen molar-refractivity contribution in [3.8, 4) is 0 Å². The number of aromatic amines is 1. The second-order valence-electron chi connectivity index (χ2n) is 6.56. The molecule has 2 aromatic heterocycles. The van der Waals surface area contributed by atoms with E-state index in [0.717, 1.165) is 43.0 Å². The van der Waals surface area contributed by atoms with Crippen LogP contribution in [0.2, 0.25) is 0 Å². The number of aromatic nitrogens is 2. The molecule has 0 spiro atoms. The molecule has 0 amide bonds. The molecule has 1 aliphatic heterocycles. The number of anilines is 1. The van der Waals surface area contributed by atoms with Gasteiger partial charge in [0, 0.05) is 36.0 Å². The van der Waals surface area contributed by atoms with Crippen LogP contribution in [0.1, 0.15) is 18.9 Å². The van der Waals surface area contributed by atoms with E-state index in [9.17, 15) is 14.0 Å². The molecule has 25 heavy (non-hydrogen) atoms. The van der Waals surface area contributed by atoms with E-state index in [1.807, 2.05) is 17.8 Å². The summed E-state index contributed by atoms with van der Waals surface area (Å²) in [6.07, 6.45) is 2.04. The lowest BCUT2D eigenvalue weighted by atomic mass is 10.1. The van der Waals surface area contributed by atoms with Crippen molar-refractivity contribution in [3.05, 3.63) is 38.5 Å². The van der Waals surface area contributed by atoms with Crippen LogP contribution in [-0.2, 0) is 0 Å². The van der Waals surface area contributed by atoms with Crippen molar-refractivity contribution in [2.75, 3.05) is 29.5 Å². The number of hydrogen-bond donors (Lipinski definition) is 1. The monoisotopic (exact) mass is 377 g/mol. The SMILES string of the molecule is O=c1[nH]sc2c1c(=O)c1cc(F)c(N3CCSCC3)cc1n2C1CC1. The third-order valence-electron chi connectivity index (χ3n) is 4.96. The zero-order valence-corrected chi connectivity index (χ0v) is 15.0. The van der Waals surface area contributed by atoms with Crippen LogP contribution < -0.4 is 15.9 Å². The van der Waals surface area contributed by atoms with Gasteiger partial charge in [-0.2, -0.15) is 11.8 Å². The molecule has 1 saturated heterocycles. The fourth-order valence-electron chi connectivity index (χ4n) is 3.58. The maximum absolute atomic E-state index is 14.8. The average Bonchev–Trinajstić information content (AvgIpc) is 3.38. The van der Waals surface area contributed by atoms with Gasteiger partial charge in [-0.15, -0.1) is 0 Å². The molecule has 1 N–H and O–H groups in total. The Labute approximate surface area is 150 Å². The van der Waals surface area contributed by atoms with E-state index in [2.05, 4.69) is 13.8 Å². The Balaban J connectivity index is 1.86. The first-order valence-electron chi connectivity index (χ1n) is 8.37. The Morgan fingerprint density at radius 3 is 2.64 bits per heavy atom. The molecular weight excluding hydrogens is 361 g/mol. The normalized spacial score (nSPS) is 18.4. The van der Waals surface area contributed by atoms with Crippen LogP contribution in [0.4, 0.5) is 10.1 Å². The Kier molecular flexibility index (Phi) is 3.46. The first-order chi connectivity index (χ1) is 12.1. The van der Waals surface area contributed by atoms with Gasteiger partial charge in [0.2, 0.25) is 5.43 Å². The van der Waals surface area contributed by atoms with Gasteiger partial charge in [0.05, 0.1) is 11.2 Å². The first kappa shape index (κ1) is 15.5. The molecule has 3 aromatic rings. The number of pyridine rings is 1. The van der Waals surface area contributed by atoms with E-state index in [4.69, 9.17) is 0 Å². The summed E-state index contributed by atoms with van der Waals surface area (Å²) in [6.45, 7) is 1.61. The molecule has 3 heterocycles. The highest BCUT2D eigenvalue weighted by Gasteiger charge is 2.29. The predicted molar refractivity (Wildman–Crippen MR) is 102 cm³/mol. The summed E-state index contributed by atoms with van der Waals surface area (Å²) in [5.41, 5.74) is 0.552. The highest BCUT2D eigenvalue weighted by Crippen LogP contribution is 2.40. The molecule has 0 bridgehead atoms. The number of rotatable bonds is 2. The molecule has 1 aliphatic carbocycles. The van der Waals surface area contributed by atoms with Crippen molar-refractivity contribution in [1.29, 1.82) is 0 Å². The van der Waals surface area contributed by atoms with Crippen LogP contribution in [0.5, 0.6) is 0 Å². The zero-order chi connectivity index (χ0) is 17.1. The van der Waals surface area contributed by atoms with Gasteiger partial charge in [0.1, 0.15) is 16.0 Å². The topological polar surface area (TPSA) is 58.1 Å². The number of H-pyrrole nitrogens is 1. The summed E-state index contributed by atoms with van der Waals surface area (Å²) < 4.78 is 19.5. The molecule has 5 nitrogen and oxygen atoms in total. The van der Waals surface area contributed by atoms with Crippen LogP contribution in [0.25, 0.3) is 21.1 Å². The van der Waals surface area contributed by atoms with Gasteiger partial charge in [-0.25, -0.2) is 4.39 Å². The summed E-state index contributed by atoms with van der Waals surface area (Å²) >= 11 is 3.07. The quantitative estimate of drug-likeness (QED) is 0.746. The van der Waals surface area contributed by atoms with E-state index in [1.165, 1.54) is 17.6 Å². The number of hydrogen-bond acceptors (Lipinski definition) is 5. The third-order valence-corrected chi connectivity index (χ3v) is 6.78. The van der Waals surface area contributed by atoms with Crippen LogP contribution in [0, 0.1) is 5.82 Å². The van der Waals surface area contributed by atoms with Crippen molar-refractivity contribution in [2.24, 2.45) is 0 Å². The van der Waals surface area contributed by atoms with Crippen LogP contribution >= 0.6 is 23.3 Å². The van der Waals surface area contributed by atoms with Crippen LogP contribution in [-0.4, -0.2) is 33.5 Å². The molecule has 1 saturated carbocycles. The smallest absolute Gasteiger partial charge is 0.271 e. The maximum Gasteiger partial charge on any atom is 0.271 e. The highest BCUT2D eigenvalue weighted by molar-refractivity contribution is 7.99. The largest absolute Gasteiger partial charge is 0.367 e. The first-order valence-corrected chi connectivity index (χ1v) is 10.3. The Bertz CT molecular complexity index is 1110. The van der Waals surface area contributed by atoms with E-state index < -0.39 is 0 Å². The molecule has 130 valence electrons. The third kappa shape index (κ3) is 2.34. The van der Waals surface area contributed by atoms with E-state index >= 15 is 0 Å². The molecular formula is C17H16FN3O2S2. The number of benzene rings is 1. The second-order valence-corrected chi connectivity index (χ2v) is 8.58. The second kappa shape index (κ2) is 5.60. The summed E-state index contributed by atoms with van der Waals surface area (Å²) in [5.74, 6) is 1.57. The molecule has 2 aliphatic rings. The number of fused-ring (bicyclic) bond motifs is 2. The summed E-state index contributed by atoms with van der Waals surface area (Å²) in [5, 5.41) is 0.460. The number of nitrogens with one attached hydrogen (secondary N) is 1. The number of halogens is 1.